The predicted molar refractivity (Wildman–Crippen MR) is 101 cm³/mol. The summed E-state index contributed by atoms with van der Waals surface area (Å²) in [4.78, 5) is 17.8. The second-order valence-corrected chi connectivity index (χ2v) is 6.42. The molecule has 0 saturated carbocycles. The molecule has 0 N–H and O–H groups in total. The summed E-state index contributed by atoms with van der Waals surface area (Å²) >= 11 is 1.48. The van der Waals surface area contributed by atoms with Crippen LogP contribution in [0, 0.1) is 0 Å². The summed E-state index contributed by atoms with van der Waals surface area (Å²) in [6.07, 6.45) is 3.86. The molecule has 0 spiro atoms. The number of ether oxygens (including phenoxy) is 1. The van der Waals surface area contributed by atoms with E-state index in [4.69, 9.17) is 9.72 Å². The second-order valence-electron chi connectivity index (χ2n) is 5.62. The highest BCUT2D eigenvalue weighted by atomic mass is 32.2. The van der Waals surface area contributed by atoms with E-state index in [9.17, 15) is 4.79 Å². The van der Waals surface area contributed by atoms with Crippen molar-refractivity contribution >= 4 is 34.0 Å². The number of thioether (sulfide) groups is 1. The van der Waals surface area contributed by atoms with Gasteiger partial charge in [-0.1, -0.05) is 24.3 Å². The standard InChI is InChI=1S/C20H16N2O2S/c1-24-15-9-7-14(8-10-15)18(23)17-20(25-2)21-19-16-6-4-3-5-13(16)11-12-22(17)19/h3-12H,1-2H3. The molecule has 0 atom stereocenters. The number of pyridine rings is 1. The Morgan fingerprint density at radius 1 is 1.08 bits per heavy atom. The van der Waals surface area contributed by atoms with Gasteiger partial charge in [-0.2, -0.15) is 0 Å². The van der Waals surface area contributed by atoms with Gasteiger partial charge in [-0.25, -0.2) is 4.98 Å². The van der Waals surface area contributed by atoms with Crippen LogP contribution in [0.2, 0.25) is 0 Å². The molecule has 4 aromatic rings. The lowest BCUT2D eigenvalue weighted by Crippen LogP contribution is -2.06. The van der Waals surface area contributed by atoms with Gasteiger partial charge < -0.3 is 4.74 Å². The van der Waals surface area contributed by atoms with Crippen molar-refractivity contribution in [2.45, 2.75) is 5.03 Å². The number of benzene rings is 2. The highest BCUT2D eigenvalue weighted by molar-refractivity contribution is 7.98. The molecule has 25 heavy (non-hydrogen) atoms. The number of aromatic nitrogens is 2. The fourth-order valence-corrected chi connectivity index (χ4v) is 3.54. The van der Waals surface area contributed by atoms with Gasteiger partial charge in [-0.05, 0) is 42.0 Å². The Morgan fingerprint density at radius 2 is 1.84 bits per heavy atom. The van der Waals surface area contributed by atoms with E-state index in [0.29, 0.717) is 11.3 Å². The van der Waals surface area contributed by atoms with Crippen molar-refractivity contribution in [3.8, 4) is 5.75 Å². The van der Waals surface area contributed by atoms with Gasteiger partial charge in [0.2, 0.25) is 5.78 Å². The summed E-state index contributed by atoms with van der Waals surface area (Å²) in [7, 11) is 1.61. The third-order valence-corrected chi connectivity index (χ3v) is 4.92. The molecule has 0 bridgehead atoms. The zero-order valence-corrected chi connectivity index (χ0v) is 14.7. The quantitative estimate of drug-likeness (QED) is 0.404. The number of fused-ring (bicyclic) bond motifs is 3. The van der Waals surface area contributed by atoms with Crippen LogP contribution < -0.4 is 4.74 Å². The molecule has 0 aliphatic rings. The minimum Gasteiger partial charge on any atom is -0.497 e. The Bertz CT molecular complexity index is 1080. The topological polar surface area (TPSA) is 43.6 Å². The average Bonchev–Trinajstić information content (AvgIpc) is 3.06. The van der Waals surface area contributed by atoms with Gasteiger partial charge in [0.15, 0.2) is 0 Å². The minimum atomic E-state index is -0.0465. The van der Waals surface area contributed by atoms with E-state index in [1.165, 1.54) is 11.8 Å². The molecule has 0 saturated heterocycles. The first-order valence-electron chi connectivity index (χ1n) is 7.85. The molecule has 2 aromatic carbocycles. The third-order valence-electron chi connectivity index (χ3n) is 4.24. The molecule has 5 heteroatoms. The summed E-state index contributed by atoms with van der Waals surface area (Å²) < 4.78 is 7.06. The Morgan fingerprint density at radius 3 is 2.56 bits per heavy atom. The maximum atomic E-state index is 13.1. The maximum absolute atomic E-state index is 13.1. The van der Waals surface area contributed by atoms with Gasteiger partial charge in [0, 0.05) is 17.1 Å². The molecule has 0 radical (unpaired) electrons. The summed E-state index contributed by atoms with van der Waals surface area (Å²) in [6.45, 7) is 0. The molecule has 0 aliphatic carbocycles. The van der Waals surface area contributed by atoms with Crippen LogP contribution in [-0.4, -0.2) is 28.5 Å². The molecule has 124 valence electrons. The average molecular weight is 348 g/mol. The molecular formula is C20H16N2O2S. The lowest BCUT2D eigenvalue weighted by molar-refractivity contribution is 0.103. The van der Waals surface area contributed by atoms with Gasteiger partial charge in [-0.15, -0.1) is 11.8 Å². The van der Waals surface area contributed by atoms with Gasteiger partial charge >= 0.3 is 0 Å². The van der Waals surface area contributed by atoms with Crippen LogP contribution in [0.1, 0.15) is 16.1 Å². The Balaban J connectivity index is 1.93. The molecule has 0 aliphatic heterocycles. The zero-order chi connectivity index (χ0) is 17.4. The Kier molecular flexibility index (Phi) is 3.93. The maximum Gasteiger partial charge on any atom is 0.212 e. The molecule has 2 aromatic heterocycles. The predicted octanol–water partition coefficient (Wildman–Crippen LogP) is 4.45. The zero-order valence-electron chi connectivity index (χ0n) is 13.9. The van der Waals surface area contributed by atoms with Crippen LogP contribution in [0.4, 0.5) is 0 Å². The molecular weight excluding hydrogens is 332 g/mol. The normalized spacial score (nSPS) is 11.1. The first kappa shape index (κ1) is 15.7. The van der Waals surface area contributed by atoms with Gasteiger partial charge in [0.05, 0.1) is 7.11 Å². The number of imidazole rings is 1. The van der Waals surface area contributed by atoms with Crippen molar-refractivity contribution < 1.29 is 9.53 Å². The number of nitrogens with zero attached hydrogens (tertiary/aromatic N) is 2. The number of carbonyl (C=O) groups is 1. The van der Waals surface area contributed by atoms with Crippen LogP contribution >= 0.6 is 11.8 Å². The molecule has 0 unspecified atom stereocenters. The van der Waals surface area contributed by atoms with Gasteiger partial charge in [0.25, 0.3) is 0 Å². The molecule has 2 heterocycles. The van der Waals surface area contributed by atoms with E-state index in [1.807, 2.05) is 47.2 Å². The lowest BCUT2D eigenvalue weighted by Gasteiger charge is -2.06. The SMILES string of the molecule is COc1ccc(C(=O)c2c(SC)nc3c4ccccc4ccn23)cc1. The van der Waals surface area contributed by atoms with Crippen LogP contribution in [-0.2, 0) is 0 Å². The molecule has 4 nitrogen and oxygen atoms in total. The Labute approximate surface area is 149 Å². The van der Waals surface area contributed by atoms with Gasteiger partial charge in [-0.3, -0.25) is 9.20 Å². The third kappa shape index (κ3) is 2.57. The number of hydrogen-bond acceptors (Lipinski definition) is 4. The number of hydrogen-bond donors (Lipinski definition) is 0. The van der Waals surface area contributed by atoms with Crippen molar-refractivity contribution in [2.24, 2.45) is 0 Å². The number of rotatable bonds is 4. The molecule has 0 fully saturated rings. The van der Waals surface area contributed by atoms with E-state index in [2.05, 4.69) is 0 Å². The first-order valence-corrected chi connectivity index (χ1v) is 9.08. The molecule has 4 rings (SSSR count). The highest BCUT2D eigenvalue weighted by Gasteiger charge is 2.21. The molecule has 0 amide bonds. The van der Waals surface area contributed by atoms with Crippen molar-refractivity contribution in [3.05, 3.63) is 72.1 Å². The minimum absolute atomic E-state index is 0.0465. The van der Waals surface area contributed by atoms with Gasteiger partial charge in [0.1, 0.15) is 22.1 Å². The van der Waals surface area contributed by atoms with E-state index in [-0.39, 0.29) is 5.78 Å². The number of methoxy groups -OCH3 is 1. The van der Waals surface area contributed by atoms with E-state index < -0.39 is 0 Å². The van der Waals surface area contributed by atoms with Crippen LogP contribution in [0.25, 0.3) is 16.4 Å². The highest BCUT2D eigenvalue weighted by Crippen LogP contribution is 2.28. The van der Waals surface area contributed by atoms with Crippen LogP contribution in [0.5, 0.6) is 5.75 Å². The fraction of sp³-hybridized carbons (Fsp3) is 0.100. The first-order chi connectivity index (χ1) is 12.2. The van der Waals surface area contributed by atoms with Crippen molar-refractivity contribution in [1.29, 1.82) is 0 Å². The van der Waals surface area contributed by atoms with Crippen LogP contribution in [0.3, 0.4) is 0 Å². The van der Waals surface area contributed by atoms with E-state index in [1.54, 1.807) is 31.4 Å². The van der Waals surface area contributed by atoms with Crippen molar-refractivity contribution in [2.75, 3.05) is 13.4 Å². The monoisotopic (exact) mass is 348 g/mol. The van der Waals surface area contributed by atoms with Crippen LogP contribution in [0.15, 0.2) is 65.8 Å². The summed E-state index contributed by atoms with van der Waals surface area (Å²) in [5, 5.41) is 2.88. The second kappa shape index (κ2) is 6.26. The number of carbonyl (C=O) groups excluding carboxylic acids is 1. The largest absolute Gasteiger partial charge is 0.497 e. The number of ketones is 1. The van der Waals surface area contributed by atoms with E-state index in [0.717, 1.165) is 27.2 Å². The summed E-state index contributed by atoms with van der Waals surface area (Å²) in [5.41, 5.74) is 2.02. The summed E-state index contributed by atoms with van der Waals surface area (Å²) in [5.74, 6) is 0.681. The lowest BCUT2D eigenvalue weighted by atomic mass is 10.1. The van der Waals surface area contributed by atoms with Crippen molar-refractivity contribution in [3.63, 3.8) is 0 Å². The smallest absolute Gasteiger partial charge is 0.212 e. The fourth-order valence-electron chi connectivity index (χ4n) is 2.98. The van der Waals surface area contributed by atoms with Crippen molar-refractivity contribution in [1.82, 2.24) is 9.38 Å². The summed E-state index contributed by atoms with van der Waals surface area (Å²) in [6, 6.07) is 17.2. The van der Waals surface area contributed by atoms with E-state index >= 15 is 0 Å². The Hall–Kier alpha value is -2.79.